The van der Waals surface area contributed by atoms with Gasteiger partial charge < -0.3 is 39.5 Å². The van der Waals surface area contributed by atoms with Crippen molar-refractivity contribution in [1.82, 2.24) is 35.0 Å². The van der Waals surface area contributed by atoms with Crippen LogP contribution in [0.2, 0.25) is 5.02 Å². The lowest BCUT2D eigenvalue weighted by Gasteiger charge is -2.34. The van der Waals surface area contributed by atoms with Crippen LogP contribution < -0.4 is 36.0 Å². The number of nitrogens with one attached hydrogen (secondary N) is 3. The molecule has 326 valence electrons. The Morgan fingerprint density at radius 3 is 2.56 bits per heavy atom. The van der Waals surface area contributed by atoms with E-state index in [2.05, 4.69) is 41.7 Å². The fourth-order valence-corrected chi connectivity index (χ4v) is 10.2. The molecule has 3 N–H and O–H groups in total. The number of halogens is 1. The van der Waals surface area contributed by atoms with Crippen LogP contribution in [0.1, 0.15) is 74.3 Å². The number of aromatic nitrogens is 3. The van der Waals surface area contributed by atoms with Crippen molar-refractivity contribution in [2.24, 2.45) is 11.3 Å². The topological polar surface area (TPSA) is 174 Å². The third kappa shape index (κ3) is 8.17. The Morgan fingerprint density at radius 1 is 0.984 bits per heavy atom. The number of fused-ring (bicyclic) bond motifs is 2. The highest BCUT2D eigenvalue weighted by atomic mass is 35.5. The third-order valence-electron chi connectivity index (χ3n) is 13.4. The van der Waals surface area contributed by atoms with Gasteiger partial charge in [-0.1, -0.05) is 11.6 Å². The van der Waals surface area contributed by atoms with Crippen LogP contribution in [0, 0.1) is 11.3 Å². The predicted octanol–water partition coefficient (Wildman–Crippen LogP) is 4.47. The van der Waals surface area contributed by atoms with Gasteiger partial charge in [0.05, 0.1) is 11.7 Å². The van der Waals surface area contributed by atoms with Crippen molar-refractivity contribution in [2.75, 3.05) is 74.6 Å². The summed E-state index contributed by atoms with van der Waals surface area (Å²) in [7, 11) is 1.52. The molecule has 2 aromatic heterocycles. The number of piperidine rings is 2. The molecule has 16 nitrogen and oxygen atoms in total. The van der Waals surface area contributed by atoms with E-state index in [1.807, 2.05) is 44.2 Å². The zero-order valence-electron chi connectivity index (χ0n) is 35.4. The molecule has 4 aromatic rings. The first-order chi connectivity index (χ1) is 29.9. The Balaban J connectivity index is 0.788. The molecule has 5 aliphatic heterocycles. The largest absolute Gasteiger partial charge is 0.478 e. The lowest BCUT2D eigenvalue weighted by atomic mass is 9.86. The molecule has 62 heavy (non-hydrogen) atoms. The van der Waals surface area contributed by atoms with Gasteiger partial charge in [0.2, 0.25) is 17.8 Å². The minimum Gasteiger partial charge on any atom is -0.478 e. The van der Waals surface area contributed by atoms with Crippen LogP contribution in [-0.2, 0) is 20.9 Å². The summed E-state index contributed by atoms with van der Waals surface area (Å²) in [6.07, 6.45) is 6.63. The molecule has 4 fully saturated rings. The Kier molecular flexibility index (Phi) is 11.3. The number of imide groups is 1. The van der Waals surface area contributed by atoms with Crippen molar-refractivity contribution < 1.29 is 23.9 Å². The maximum absolute atomic E-state index is 13.3. The molecule has 0 bridgehead atoms. The zero-order chi connectivity index (χ0) is 43.3. The van der Waals surface area contributed by atoms with Gasteiger partial charge in [-0.15, -0.1) is 0 Å². The molecule has 0 aliphatic carbocycles. The molecule has 0 unspecified atom stereocenters. The summed E-state index contributed by atoms with van der Waals surface area (Å²) >= 11 is 6.63. The van der Waals surface area contributed by atoms with Gasteiger partial charge in [0, 0.05) is 93.1 Å². The minimum absolute atomic E-state index is 0.0993. The number of nitrogens with zero attached hydrogens (tertiary/aromatic N) is 7. The zero-order valence-corrected chi connectivity index (χ0v) is 36.2. The van der Waals surface area contributed by atoms with Gasteiger partial charge in [-0.3, -0.25) is 29.3 Å². The number of benzene rings is 2. The summed E-state index contributed by atoms with van der Waals surface area (Å²) in [4.78, 5) is 81.0. The fourth-order valence-electron chi connectivity index (χ4n) is 10.1. The number of pyridine rings is 1. The normalized spacial score (nSPS) is 22.0. The van der Waals surface area contributed by atoms with Crippen LogP contribution in [0.25, 0.3) is 10.9 Å². The van der Waals surface area contributed by atoms with Crippen LogP contribution in [-0.4, -0.2) is 113 Å². The van der Waals surface area contributed by atoms with Gasteiger partial charge in [-0.2, -0.15) is 4.98 Å². The highest BCUT2D eigenvalue weighted by Crippen LogP contribution is 2.43. The number of ether oxygens (including phenoxy) is 1. The highest BCUT2D eigenvalue weighted by molar-refractivity contribution is 6.33. The molecular formula is C45H53ClN10O6. The van der Waals surface area contributed by atoms with Crippen LogP contribution >= 0.6 is 11.6 Å². The van der Waals surface area contributed by atoms with Crippen LogP contribution in [0.4, 0.5) is 23.1 Å². The number of likely N-dealkylation sites (N-methyl/N-ethyl adjacent to an activating group) is 1. The standard InChI is InChI=1S/C45H53ClN10O6/c1-27(2)56-35-7-4-31(18-29(35)20-37(43(56)61)62-24-39(58)47-3)49-40-34(46)21-48-44(51-40)53-14-10-28(11-15-53)22-52-16-12-45(25-52)13-17-54(26-45)32-5-6-33-30(19-32)23-55(42(33)60)36-8-9-38(57)50-41(36)59/h4-7,18-21,27-28,36H,8-17,22-26H2,1-3H3,(H,47,58)(H,48,49,51)(H,50,57,59)/t36-,45-/m1/s1. The molecule has 0 radical (unpaired) electrons. The van der Waals surface area contributed by atoms with Crippen molar-refractivity contribution >= 4 is 69.3 Å². The first kappa shape index (κ1) is 41.6. The molecular weight excluding hydrogens is 812 g/mol. The summed E-state index contributed by atoms with van der Waals surface area (Å²) in [6.45, 7) is 10.9. The molecule has 17 heteroatoms. The summed E-state index contributed by atoms with van der Waals surface area (Å²) in [5.74, 6) is 0.660. The Labute approximate surface area is 364 Å². The second-order valence-electron chi connectivity index (χ2n) is 17.8. The molecule has 0 saturated carbocycles. The lowest BCUT2D eigenvalue weighted by Crippen LogP contribution is -2.52. The number of hydrogen-bond donors (Lipinski definition) is 3. The molecule has 4 saturated heterocycles. The molecule has 2 aromatic carbocycles. The maximum atomic E-state index is 13.3. The molecule has 1 spiro atoms. The Hall–Kier alpha value is -5.74. The number of hydrogen-bond acceptors (Lipinski definition) is 12. The van der Waals surface area contributed by atoms with E-state index >= 15 is 0 Å². The molecule has 7 heterocycles. The first-order valence-corrected chi connectivity index (χ1v) is 22.1. The van der Waals surface area contributed by atoms with E-state index in [4.69, 9.17) is 21.3 Å². The van der Waals surface area contributed by atoms with Crippen molar-refractivity contribution in [2.45, 2.75) is 71.0 Å². The molecule has 9 rings (SSSR count). The van der Waals surface area contributed by atoms with Crippen molar-refractivity contribution in [1.29, 1.82) is 0 Å². The van der Waals surface area contributed by atoms with Gasteiger partial charge in [-0.05, 0) is 106 Å². The molecule has 5 aliphatic rings. The summed E-state index contributed by atoms with van der Waals surface area (Å²) in [6, 6.07) is 12.7. The van der Waals surface area contributed by atoms with E-state index in [0.29, 0.717) is 41.2 Å². The molecule has 4 amide bonds. The van der Waals surface area contributed by atoms with Gasteiger partial charge in [0.25, 0.3) is 17.4 Å². The minimum atomic E-state index is -0.609. The number of amides is 4. The summed E-state index contributed by atoms with van der Waals surface area (Å²) in [5, 5.41) is 9.41. The maximum Gasteiger partial charge on any atom is 0.293 e. The SMILES string of the molecule is CNC(=O)COc1cc2cc(Nc3nc(N4CCC(CN5CC[C@@]6(CCN(c7ccc8c(c7)CN([C@@H]7CCC(=O)NC7=O)C8=O)C6)C5)CC4)ncc3Cl)ccc2n(C(C)C)c1=O. The van der Waals surface area contributed by atoms with Gasteiger partial charge in [0.15, 0.2) is 18.2 Å². The van der Waals surface area contributed by atoms with Crippen molar-refractivity contribution in [3.8, 4) is 5.75 Å². The third-order valence-corrected chi connectivity index (χ3v) is 13.7. The number of anilines is 4. The second-order valence-corrected chi connectivity index (χ2v) is 18.2. The average molecular weight is 865 g/mol. The van der Waals surface area contributed by atoms with E-state index in [0.717, 1.165) is 92.9 Å². The lowest BCUT2D eigenvalue weighted by molar-refractivity contribution is -0.137. The predicted molar refractivity (Wildman–Crippen MR) is 236 cm³/mol. The number of likely N-dealkylation sites (tertiary alicyclic amines) is 1. The van der Waals surface area contributed by atoms with E-state index in [1.165, 1.54) is 13.5 Å². The van der Waals surface area contributed by atoms with E-state index in [-0.39, 0.29) is 59.4 Å². The highest BCUT2D eigenvalue weighted by Gasteiger charge is 2.45. The monoisotopic (exact) mass is 864 g/mol. The quantitative estimate of drug-likeness (QED) is 0.181. The van der Waals surface area contributed by atoms with Gasteiger partial charge >= 0.3 is 0 Å². The summed E-state index contributed by atoms with van der Waals surface area (Å²) < 4.78 is 7.29. The van der Waals surface area contributed by atoms with Crippen LogP contribution in [0.5, 0.6) is 5.75 Å². The van der Waals surface area contributed by atoms with Crippen LogP contribution in [0.15, 0.2) is 53.5 Å². The van der Waals surface area contributed by atoms with Gasteiger partial charge in [0.1, 0.15) is 11.1 Å². The van der Waals surface area contributed by atoms with E-state index < -0.39 is 6.04 Å². The van der Waals surface area contributed by atoms with Crippen molar-refractivity contribution in [3.63, 3.8) is 0 Å². The first-order valence-electron chi connectivity index (χ1n) is 21.7. The molecule has 2 atom stereocenters. The van der Waals surface area contributed by atoms with Gasteiger partial charge in [-0.25, -0.2) is 4.98 Å². The Morgan fingerprint density at radius 2 is 1.79 bits per heavy atom. The smallest absolute Gasteiger partial charge is 0.293 e. The number of carbonyl (C=O) groups is 4. The number of rotatable bonds is 11. The van der Waals surface area contributed by atoms with Crippen LogP contribution in [0.3, 0.4) is 0 Å². The number of carbonyl (C=O) groups excluding carboxylic acids is 4. The van der Waals surface area contributed by atoms with E-state index in [1.54, 1.807) is 21.7 Å². The van der Waals surface area contributed by atoms with E-state index in [9.17, 15) is 24.0 Å². The fraction of sp³-hybridized carbons (Fsp3) is 0.489. The van der Waals surface area contributed by atoms with Crippen molar-refractivity contribution in [3.05, 3.63) is 75.2 Å². The average Bonchev–Trinajstić information content (AvgIpc) is 3.96. The second kappa shape index (κ2) is 16.9. The Bertz CT molecular complexity index is 2500. The summed E-state index contributed by atoms with van der Waals surface area (Å²) in [5.41, 5.74) is 4.14.